The number of alkyl halides is 3. The first-order valence-corrected chi connectivity index (χ1v) is 12.3. The number of nitrogens with one attached hydrogen (secondary N) is 1. The molecule has 0 unspecified atom stereocenters. The van der Waals surface area contributed by atoms with E-state index in [2.05, 4.69) is 15.2 Å². The summed E-state index contributed by atoms with van der Waals surface area (Å²) in [4.78, 5) is 20.0. The maximum absolute atomic E-state index is 14.0. The lowest BCUT2D eigenvalue weighted by Gasteiger charge is -2.27. The molecule has 0 saturated heterocycles. The van der Waals surface area contributed by atoms with E-state index >= 15 is 0 Å². The zero-order valence-electron chi connectivity index (χ0n) is 22.2. The molecule has 40 heavy (non-hydrogen) atoms. The quantitative estimate of drug-likeness (QED) is 0.390. The predicted octanol–water partition coefficient (Wildman–Crippen LogP) is 3.17. The normalized spacial score (nSPS) is 14.5. The number of benzene rings is 1. The molecule has 0 aliphatic carbocycles. The van der Waals surface area contributed by atoms with E-state index < -0.39 is 23.8 Å². The van der Waals surface area contributed by atoms with Crippen LogP contribution in [0.4, 0.5) is 13.2 Å². The SMILES string of the molecule is COc1ccnc([C@H](C)N2CCOc3c(cc(Cn4cnn(C)c4=N)cc3-c3cn(C)nc3C(F)(F)F)C2=O)c1. The number of carbonyl (C=O) groups excluding carboxylic acids is 1. The van der Waals surface area contributed by atoms with Crippen molar-refractivity contribution < 1.29 is 27.4 Å². The van der Waals surface area contributed by atoms with Gasteiger partial charge in [-0.3, -0.25) is 24.4 Å². The predicted molar refractivity (Wildman–Crippen MR) is 136 cm³/mol. The van der Waals surface area contributed by atoms with Crippen LogP contribution in [0.15, 0.2) is 43.0 Å². The van der Waals surface area contributed by atoms with Crippen LogP contribution >= 0.6 is 0 Å². The lowest BCUT2D eigenvalue weighted by molar-refractivity contribution is -0.141. The molecule has 11 nitrogen and oxygen atoms in total. The van der Waals surface area contributed by atoms with Crippen molar-refractivity contribution in [3.63, 3.8) is 0 Å². The van der Waals surface area contributed by atoms with E-state index in [4.69, 9.17) is 14.9 Å². The van der Waals surface area contributed by atoms with E-state index in [1.807, 2.05) is 6.92 Å². The number of pyridine rings is 1. The summed E-state index contributed by atoms with van der Waals surface area (Å²) in [5, 5.41) is 15.9. The molecule has 1 aliphatic heterocycles. The van der Waals surface area contributed by atoms with Gasteiger partial charge in [-0.25, -0.2) is 4.68 Å². The monoisotopic (exact) mass is 556 g/mol. The molecule has 4 heterocycles. The van der Waals surface area contributed by atoms with Crippen LogP contribution in [-0.4, -0.2) is 60.2 Å². The number of methoxy groups -OCH3 is 1. The van der Waals surface area contributed by atoms with Crippen LogP contribution in [0, 0.1) is 5.41 Å². The molecule has 1 aliphatic rings. The molecule has 14 heteroatoms. The Morgan fingerprint density at radius 3 is 2.60 bits per heavy atom. The van der Waals surface area contributed by atoms with E-state index in [9.17, 15) is 18.0 Å². The molecule has 4 aromatic rings. The van der Waals surface area contributed by atoms with Gasteiger partial charge in [0, 0.05) is 43.7 Å². The minimum atomic E-state index is -4.74. The van der Waals surface area contributed by atoms with E-state index in [0.717, 1.165) is 4.68 Å². The zero-order valence-corrected chi connectivity index (χ0v) is 22.2. The molecule has 1 aromatic carbocycles. The van der Waals surface area contributed by atoms with E-state index in [1.165, 1.54) is 35.9 Å². The lowest BCUT2D eigenvalue weighted by Crippen LogP contribution is -2.35. The first-order valence-electron chi connectivity index (χ1n) is 12.3. The minimum Gasteiger partial charge on any atom is -0.497 e. The number of aryl methyl sites for hydroxylation is 2. The van der Waals surface area contributed by atoms with Gasteiger partial charge in [0.2, 0.25) is 5.62 Å². The number of hydrogen-bond donors (Lipinski definition) is 1. The van der Waals surface area contributed by atoms with Crippen LogP contribution in [0.2, 0.25) is 0 Å². The van der Waals surface area contributed by atoms with Crippen LogP contribution in [0.3, 0.4) is 0 Å². The molecule has 0 saturated carbocycles. The van der Waals surface area contributed by atoms with E-state index in [0.29, 0.717) is 17.0 Å². The number of halogens is 3. The molecular formula is C26H27F3N8O3. The highest BCUT2D eigenvalue weighted by molar-refractivity contribution is 6.00. The number of ether oxygens (including phenoxy) is 2. The number of hydrogen-bond acceptors (Lipinski definition) is 7. The van der Waals surface area contributed by atoms with Crippen LogP contribution in [0.1, 0.15) is 40.3 Å². The second-order valence-corrected chi connectivity index (χ2v) is 9.43. The summed E-state index contributed by atoms with van der Waals surface area (Å²) in [6.07, 6.45) is -0.452. The minimum absolute atomic E-state index is 0.0443. The fourth-order valence-electron chi connectivity index (χ4n) is 4.75. The fraction of sp³-hybridized carbons (Fsp3) is 0.346. The van der Waals surface area contributed by atoms with E-state index in [-0.39, 0.29) is 47.8 Å². The highest BCUT2D eigenvalue weighted by Crippen LogP contribution is 2.43. The largest absolute Gasteiger partial charge is 0.497 e. The van der Waals surface area contributed by atoms with Crippen molar-refractivity contribution in [1.82, 2.24) is 34.0 Å². The van der Waals surface area contributed by atoms with Gasteiger partial charge in [0.05, 0.1) is 37.5 Å². The Hall–Kier alpha value is -4.62. The Morgan fingerprint density at radius 2 is 1.93 bits per heavy atom. The number of rotatable bonds is 6. The first-order chi connectivity index (χ1) is 19.0. The molecule has 0 radical (unpaired) electrons. The molecule has 1 atom stereocenters. The summed E-state index contributed by atoms with van der Waals surface area (Å²) >= 11 is 0. The number of fused-ring (bicyclic) bond motifs is 1. The second kappa shape index (κ2) is 10.2. The highest BCUT2D eigenvalue weighted by atomic mass is 19.4. The van der Waals surface area contributed by atoms with Crippen LogP contribution in [0.25, 0.3) is 11.1 Å². The number of aromatic nitrogens is 6. The molecular weight excluding hydrogens is 529 g/mol. The maximum Gasteiger partial charge on any atom is 0.435 e. The summed E-state index contributed by atoms with van der Waals surface area (Å²) in [6, 6.07) is 6.07. The first kappa shape index (κ1) is 27.0. The average molecular weight is 557 g/mol. The Kier molecular flexibility index (Phi) is 6.85. The topological polar surface area (TPSA) is 116 Å². The Labute approximate surface area is 226 Å². The smallest absolute Gasteiger partial charge is 0.435 e. The molecule has 1 amide bonds. The van der Waals surface area contributed by atoms with Crippen molar-refractivity contribution in [3.05, 3.63) is 71.1 Å². The average Bonchev–Trinajstić information content (AvgIpc) is 3.42. The summed E-state index contributed by atoms with van der Waals surface area (Å²) in [6.45, 7) is 2.13. The third-order valence-electron chi connectivity index (χ3n) is 6.79. The third kappa shape index (κ3) is 4.92. The van der Waals surface area contributed by atoms with Gasteiger partial charge in [-0.2, -0.15) is 23.4 Å². The summed E-state index contributed by atoms with van der Waals surface area (Å²) in [7, 11) is 4.54. The number of amides is 1. The van der Waals surface area contributed by atoms with Gasteiger partial charge in [-0.1, -0.05) is 0 Å². The van der Waals surface area contributed by atoms with Gasteiger partial charge in [0.15, 0.2) is 5.69 Å². The van der Waals surface area contributed by atoms with Crippen molar-refractivity contribution in [3.8, 4) is 22.6 Å². The second-order valence-electron chi connectivity index (χ2n) is 9.43. The van der Waals surface area contributed by atoms with E-state index in [1.54, 1.807) is 42.4 Å². The van der Waals surface area contributed by atoms with Crippen molar-refractivity contribution in [2.24, 2.45) is 14.1 Å². The Morgan fingerprint density at radius 1 is 1.18 bits per heavy atom. The van der Waals surface area contributed by atoms with Crippen LogP contribution < -0.4 is 15.1 Å². The molecule has 0 spiro atoms. The maximum atomic E-state index is 14.0. The zero-order chi connectivity index (χ0) is 28.8. The summed E-state index contributed by atoms with van der Waals surface area (Å²) in [5.41, 5.74) is 0.0525. The van der Waals surface area contributed by atoms with Crippen molar-refractivity contribution in [1.29, 1.82) is 5.41 Å². The van der Waals surface area contributed by atoms with Gasteiger partial charge < -0.3 is 14.4 Å². The van der Waals surface area contributed by atoms with Crippen LogP contribution in [0.5, 0.6) is 11.5 Å². The fourth-order valence-corrected chi connectivity index (χ4v) is 4.75. The number of carbonyl (C=O) groups is 1. The Bertz CT molecular complexity index is 1640. The van der Waals surface area contributed by atoms with Crippen molar-refractivity contribution in [2.45, 2.75) is 25.7 Å². The molecule has 0 bridgehead atoms. The highest BCUT2D eigenvalue weighted by Gasteiger charge is 2.39. The van der Waals surface area contributed by atoms with Crippen LogP contribution in [-0.2, 0) is 26.8 Å². The molecule has 1 N–H and O–H groups in total. The van der Waals surface area contributed by atoms with Gasteiger partial charge in [0.1, 0.15) is 24.4 Å². The number of nitrogens with zero attached hydrogens (tertiary/aromatic N) is 7. The standard InChI is InChI=1S/C26H27F3N8O3/c1-15(21-11-17(39-4)5-6-31-21)37-7-8-40-22-18(20-13-34(2)33-23(20)26(27,28)29)9-16(10-19(22)24(37)38)12-36-14-32-35(3)25(36)30/h5-6,9-11,13-15,30H,7-8,12H2,1-4H3/t15-/m0/s1. The van der Waals surface area contributed by atoms with Crippen molar-refractivity contribution >= 4 is 5.91 Å². The molecule has 210 valence electrons. The lowest BCUT2D eigenvalue weighted by atomic mass is 9.97. The molecule has 3 aromatic heterocycles. The van der Waals surface area contributed by atoms with Gasteiger partial charge in [-0.05, 0) is 30.7 Å². The summed E-state index contributed by atoms with van der Waals surface area (Å²) in [5.74, 6) is 0.201. The third-order valence-corrected chi connectivity index (χ3v) is 6.79. The molecule has 0 fully saturated rings. The van der Waals surface area contributed by atoms with Gasteiger partial charge in [0.25, 0.3) is 5.91 Å². The molecule has 5 rings (SSSR count). The van der Waals surface area contributed by atoms with Crippen molar-refractivity contribution in [2.75, 3.05) is 20.3 Å². The van der Waals surface area contributed by atoms with Gasteiger partial charge in [-0.15, -0.1) is 0 Å². The summed E-state index contributed by atoms with van der Waals surface area (Å²) < 4.78 is 57.3. The van der Waals surface area contributed by atoms with Gasteiger partial charge >= 0.3 is 6.18 Å². The Balaban J connectivity index is 1.66.